The van der Waals surface area contributed by atoms with E-state index in [-0.39, 0.29) is 32.2 Å². The summed E-state index contributed by atoms with van der Waals surface area (Å²) in [5.41, 5.74) is 0. The van der Waals surface area contributed by atoms with Crippen LogP contribution in [0.1, 0.15) is 258 Å². The van der Waals surface area contributed by atoms with E-state index in [0.717, 1.165) is 38.5 Å². The molecule has 372 valence electrons. The normalized spacial score (nSPS) is 12.8. The van der Waals surface area contributed by atoms with Gasteiger partial charge in [0.2, 0.25) is 0 Å². The van der Waals surface area contributed by atoms with Crippen LogP contribution >= 0.6 is 0 Å². The summed E-state index contributed by atoms with van der Waals surface area (Å²) < 4.78 is 22.6. The zero-order valence-corrected chi connectivity index (χ0v) is 42.2. The number of aliphatic carboxylic acids is 1. The van der Waals surface area contributed by atoms with Gasteiger partial charge in [-0.25, -0.2) is 0 Å². The number of unbranched alkanes of at least 4 members (excludes halogenated alkanes) is 33. The average molecular weight is 894 g/mol. The number of hydrogen-bond acceptors (Lipinski definition) is 8. The maximum Gasteiger partial charge on any atom is 0.306 e. The predicted octanol–water partition coefficient (Wildman–Crippen LogP) is 13.7. The monoisotopic (exact) mass is 894 g/mol. The lowest BCUT2D eigenvalue weighted by Gasteiger charge is -2.26. The van der Waals surface area contributed by atoms with Gasteiger partial charge in [0.15, 0.2) is 12.4 Å². The van der Waals surface area contributed by atoms with Crippen molar-refractivity contribution < 1.29 is 42.9 Å². The quantitative estimate of drug-likeness (QED) is 0.0195. The van der Waals surface area contributed by atoms with Crippen LogP contribution < -0.4 is 5.11 Å². The van der Waals surface area contributed by atoms with Crippen molar-refractivity contribution in [2.24, 2.45) is 0 Å². The van der Waals surface area contributed by atoms with Crippen molar-refractivity contribution in [2.75, 3.05) is 47.5 Å². The van der Waals surface area contributed by atoms with Gasteiger partial charge in [0.05, 0.1) is 40.3 Å². The number of esters is 2. The molecule has 2 atom stereocenters. The Hall–Kier alpha value is -1.97. The number of ether oxygens (including phenoxy) is 4. The van der Waals surface area contributed by atoms with Crippen molar-refractivity contribution in [3.63, 3.8) is 0 Å². The number of carboxylic acids is 1. The summed E-state index contributed by atoms with van der Waals surface area (Å²) in [6.45, 7) is 4.75. The number of hydrogen-bond donors (Lipinski definition) is 0. The third-order valence-electron chi connectivity index (χ3n) is 12.0. The van der Waals surface area contributed by atoms with E-state index in [9.17, 15) is 19.5 Å². The molecule has 0 spiro atoms. The minimum absolute atomic E-state index is 0.152. The van der Waals surface area contributed by atoms with Crippen molar-refractivity contribution >= 4 is 17.9 Å². The Balaban J connectivity index is 4.05. The fourth-order valence-corrected chi connectivity index (χ4v) is 7.83. The summed E-state index contributed by atoms with van der Waals surface area (Å²) in [6.07, 6.45) is 48.5. The molecule has 0 N–H and O–H groups in total. The summed E-state index contributed by atoms with van der Waals surface area (Å²) in [4.78, 5) is 37.0. The fraction of sp³-hybridized carbons (Fsp3) is 0.907. The maximum absolute atomic E-state index is 12.8. The van der Waals surface area contributed by atoms with Crippen molar-refractivity contribution in [1.29, 1.82) is 0 Å². The predicted molar refractivity (Wildman–Crippen MR) is 260 cm³/mol. The number of quaternary nitrogens is 1. The van der Waals surface area contributed by atoms with Gasteiger partial charge in [-0.3, -0.25) is 9.59 Å². The van der Waals surface area contributed by atoms with E-state index in [2.05, 4.69) is 26.0 Å². The van der Waals surface area contributed by atoms with Crippen molar-refractivity contribution in [1.82, 2.24) is 0 Å². The molecule has 0 aliphatic heterocycles. The van der Waals surface area contributed by atoms with Crippen LogP contribution in [0.5, 0.6) is 0 Å². The first-order valence-electron chi connectivity index (χ1n) is 26.8. The van der Waals surface area contributed by atoms with Gasteiger partial charge in [-0.05, 0) is 38.5 Å². The van der Waals surface area contributed by atoms with Crippen LogP contribution in [0.3, 0.4) is 0 Å². The molecular formula is C54H103NO8. The van der Waals surface area contributed by atoms with Gasteiger partial charge >= 0.3 is 11.9 Å². The summed E-state index contributed by atoms with van der Waals surface area (Å²) in [7, 11) is 5.92. The molecule has 0 saturated carbocycles. The van der Waals surface area contributed by atoms with E-state index in [0.29, 0.717) is 17.4 Å². The minimum atomic E-state index is -1.61. The van der Waals surface area contributed by atoms with Crippen LogP contribution in [0.4, 0.5) is 0 Å². The van der Waals surface area contributed by atoms with Crippen LogP contribution in [-0.2, 0) is 33.3 Å². The molecule has 0 aliphatic carbocycles. The summed E-state index contributed by atoms with van der Waals surface area (Å²) >= 11 is 0. The molecule has 63 heavy (non-hydrogen) atoms. The summed E-state index contributed by atoms with van der Waals surface area (Å²) in [5, 5.41) is 11.7. The highest BCUT2D eigenvalue weighted by Gasteiger charge is 2.22. The molecule has 0 aliphatic rings. The molecule has 2 unspecified atom stereocenters. The van der Waals surface area contributed by atoms with E-state index < -0.39 is 24.3 Å². The van der Waals surface area contributed by atoms with Crippen LogP contribution in [-0.4, -0.2) is 82.3 Å². The fourth-order valence-electron chi connectivity index (χ4n) is 7.83. The average Bonchev–Trinajstić information content (AvgIpc) is 3.24. The second kappa shape index (κ2) is 46.6. The Bertz CT molecular complexity index is 1040. The Morgan fingerprint density at radius 3 is 1.17 bits per heavy atom. The van der Waals surface area contributed by atoms with Crippen LogP contribution in [0.15, 0.2) is 12.2 Å². The third-order valence-corrected chi connectivity index (χ3v) is 12.0. The Kier molecular flexibility index (Phi) is 45.1. The number of carbonyl (C=O) groups is 3. The molecule has 0 radical (unpaired) electrons. The summed E-state index contributed by atoms with van der Waals surface area (Å²) in [5.74, 6) is -2.27. The van der Waals surface area contributed by atoms with Gasteiger partial charge in [-0.1, -0.05) is 219 Å². The summed E-state index contributed by atoms with van der Waals surface area (Å²) in [6, 6.07) is 0. The van der Waals surface area contributed by atoms with Crippen LogP contribution in [0.2, 0.25) is 0 Å². The number of carbonyl (C=O) groups excluding carboxylic acids is 3. The smallest absolute Gasteiger partial charge is 0.306 e. The highest BCUT2D eigenvalue weighted by Crippen LogP contribution is 2.17. The molecule has 0 fully saturated rings. The number of likely N-dealkylation sites (N-methyl/N-ethyl adjacent to an activating group) is 1. The SMILES string of the molecule is CCCCCCCCCC/C=C\CCCCCCCCCCCCCCCCCCCC(=O)OC(COC(=O)CCCCCCCCCCC)COC(OCC[N+](C)(C)C)C(=O)[O-]. The molecule has 0 rings (SSSR count). The molecular weight excluding hydrogens is 791 g/mol. The number of nitrogens with zero attached hydrogens (tertiary/aromatic N) is 1. The lowest BCUT2D eigenvalue weighted by molar-refractivity contribution is -0.870. The number of allylic oxidation sites excluding steroid dienone is 2. The Morgan fingerprint density at radius 2 is 0.810 bits per heavy atom. The molecule has 9 nitrogen and oxygen atoms in total. The highest BCUT2D eigenvalue weighted by molar-refractivity contribution is 5.70. The van der Waals surface area contributed by atoms with Crippen molar-refractivity contribution in [3.8, 4) is 0 Å². The number of rotatable bonds is 50. The molecule has 0 amide bonds. The first-order valence-corrected chi connectivity index (χ1v) is 26.8. The van der Waals surface area contributed by atoms with Gasteiger partial charge in [0.1, 0.15) is 13.2 Å². The van der Waals surface area contributed by atoms with Crippen LogP contribution in [0, 0.1) is 0 Å². The molecule has 0 aromatic carbocycles. The van der Waals surface area contributed by atoms with Gasteiger partial charge in [-0.15, -0.1) is 0 Å². The highest BCUT2D eigenvalue weighted by atomic mass is 16.7. The standard InChI is InChI=1S/C54H103NO8/c1-6-8-10-12-14-16-17-18-19-20-21-22-23-24-25-26-27-28-29-30-31-32-33-34-35-37-39-41-43-45-52(57)63-50(49-62-54(53(58)59)60-47-46-55(3,4)5)48-61-51(56)44-42-40-38-36-15-13-11-9-7-2/h20-21,50,54H,6-19,22-49H2,1-5H3/b21-20-. The van der Waals surface area contributed by atoms with Crippen LogP contribution in [0.25, 0.3) is 0 Å². The first-order chi connectivity index (χ1) is 30.6. The maximum atomic E-state index is 12.8. The Labute approximate surface area is 389 Å². The van der Waals surface area contributed by atoms with E-state index in [4.69, 9.17) is 18.9 Å². The molecule has 0 bridgehead atoms. The largest absolute Gasteiger partial charge is 0.545 e. The molecule has 0 saturated heterocycles. The zero-order valence-electron chi connectivity index (χ0n) is 42.2. The van der Waals surface area contributed by atoms with E-state index >= 15 is 0 Å². The molecule has 0 heterocycles. The minimum Gasteiger partial charge on any atom is -0.545 e. The Morgan fingerprint density at radius 1 is 0.460 bits per heavy atom. The van der Waals surface area contributed by atoms with Gasteiger partial charge in [0.25, 0.3) is 0 Å². The zero-order chi connectivity index (χ0) is 46.3. The van der Waals surface area contributed by atoms with E-state index in [1.165, 1.54) is 193 Å². The van der Waals surface area contributed by atoms with Gasteiger partial charge < -0.3 is 33.3 Å². The molecule has 0 aromatic rings. The van der Waals surface area contributed by atoms with Crippen molar-refractivity contribution in [3.05, 3.63) is 12.2 Å². The van der Waals surface area contributed by atoms with Gasteiger partial charge in [0, 0.05) is 12.8 Å². The van der Waals surface area contributed by atoms with E-state index in [1.54, 1.807) is 0 Å². The van der Waals surface area contributed by atoms with Crippen molar-refractivity contribution in [2.45, 2.75) is 270 Å². The molecule has 9 heteroatoms. The third kappa shape index (κ3) is 47.8. The first kappa shape index (κ1) is 61.0. The second-order valence-corrected chi connectivity index (χ2v) is 19.5. The van der Waals surface area contributed by atoms with Gasteiger partial charge in [-0.2, -0.15) is 0 Å². The van der Waals surface area contributed by atoms with E-state index in [1.807, 2.05) is 21.1 Å². The lowest BCUT2D eigenvalue weighted by atomic mass is 10.0. The lowest BCUT2D eigenvalue weighted by Crippen LogP contribution is -2.44. The topological polar surface area (TPSA) is 111 Å². The second-order valence-electron chi connectivity index (χ2n) is 19.5. The number of carboxylic acid groups (broad SMARTS) is 1. The molecule has 0 aromatic heterocycles.